The number of likely N-dealkylation sites (tertiary alicyclic amines) is 1. The highest BCUT2D eigenvalue weighted by atomic mass is 16.2. The average molecular weight is 269 g/mol. The zero-order valence-electron chi connectivity index (χ0n) is 11.7. The number of pyridine rings is 1. The molecular formula is C16H19N3O. The van der Waals surface area contributed by atoms with Gasteiger partial charge in [0.15, 0.2) is 0 Å². The van der Waals surface area contributed by atoms with Crippen molar-refractivity contribution in [3.05, 3.63) is 53.6 Å². The number of hydrogen-bond acceptors (Lipinski definition) is 2. The molecule has 0 aliphatic carbocycles. The molecule has 1 aliphatic rings. The lowest BCUT2D eigenvalue weighted by Crippen LogP contribution is -2.39. The Labute approximate surface area is 118 Å². The van der Waals surface area contributed by atoms with Gasteiger partial charge in [-0.05, 0) is 43.0 Å². The van der Waals surface area contributed by atoms with E-state index in [1.54, 1.807) is 6.20 Å². The minimum Gasteiger partial charge on any atom is -0.367 e. The first-order valence-electron chi connectivity index (χ1n) is 7.08. The van der Waals surface area contributed by atoms with Gasteiger partial charge in [-0.25, -0.2) is 0 Å². The number of carbonyl (C=O) groups excluding carboxylic acids is 1. The molecule has 1 aliphatic heterocycles. The summed E-state index contributed by atoms with van der Waals surface area (Å²) in [5.74, 6) is 0.567. The molecular weight excluding hydrogens is 250 g/mol. The van der Waals surface area contributed by atoms with E-state index in [2.05, 4.69) is 22.1 Å². The number of carbonyl (C=O) groups is 1. The molecule has 3 heterocycles. The van der Waals surface area contributed by atoms with Crippen molar-refractivity contribution in [2.75, 3.05) is 13.1 Å². The topological polar surface area (TPSA) is 49.0 Å². The number of hydrogen-bond donors (Lipinski definition) is 1. The van der Waals surface area contributed by atoms with Crippen LogP contribution in [0.2, 0.25) is 0 Å². The lowest BCUT2D eigenvalue weighted by molar-refractivity contribution is 0.0706. The van der Waals surface area contributed by atoms with Crippen molar-refractivity contribution in [3.8, 4) is 0 Å². The second-order valence-electron chi connectivity index (χ2n) is 5.42. The van der Waals surface area contributed by atoms with Gasteiger partial charge >= 0.3 is 0 Å². The number of nitrogens with zero attached hydrogens (tertiary/aromatic N) is 2. The fourth-order valence-corrected chi connectivity index (χ4v) is 2.91. The van der Waals surface area contributed by atoms with Crippen LogP contribution in [0.5, 0.6) is 0 Å². The van der Waals surface area contributed by atoms with Crippen LogP contribution in [0.1, 0.15) is 40.2 Å². The normalized spacial score (nSPS) is 19.1. The van der Waals surface area contributed by atoms with Gasteiger partial charge in [0.2, 0.25) is 0 Å². The molecule has 0 spiro atoms. The molecule has 1 saturated heterocycles. The van der Waals surface area contributed by atoms with Crippen LogP contribution in [0.3, 0.4) is 0 Å². The van der Waals surface area contributed by atoms with Gasteiger partial charge in [0, 0.05) is 43.8 Å². The van der Waals surface area contributed by atoms with E-state index in [4.69, 9.17) is 0 Å². The Balaban J connectivity index is 1.76. The second kappa shape index (κ2) is 5.49. The van der Waals surface area contributed by atoms with Gasteiger partial charge in [0.05, 0.1) is 5.56 Å². The summed E-state index contributed by atoms with van der Waals surface area (Å²) < 4.78 is 0. The maximum Gasteiger partial charge on any atom is 0.255 e. The monoisotopic (exact) mass is 269 g/mol. The van der Waals surface area contributed by atoms with Crippen LogP contribution in [0.4, 0.5) is 0 Å². The van der Waals surface area contributed by atoms with E-state index in [9.17, 15) is 4.79 Å². The summed E-state index contributed by atoms with van der Waals surface area (Å²) in [6.45, 7) is 3.62. The molecule has 2 aromatic rings. The van der Waals surface area contributed by atoms with Crippen LogP contribution in [-0.4, -0.2) is 33.9 Å². The summed E-state index contributed by atoms with van der Waals surface area (Å²) >= 11 is 0. The maximum absolute atomic E-state index is 12.6. The van der Waals surface area contributed by atoms with Gasteiger partial charge in [-0.2, -0.15) is 0 Å². The lowest BCUT2D eigenvalue weighted by Gasteiger charge is -2.33. The highest BCUT2D eigenvalue weighted by Gasteiger charge is 2.26. The number of amides is 1. The van der Waals surface area contributed by atoms with E-state index in [1.165, 1.54) is 5.56 Å². The Bertz CT molecular complexity index is 591. The number of aromatic amines is 1. The fourth-order valence-electron chi connectivity index (χ4n) is 2.91. The molecule has 4 heteroatoms. The van der Waals surface area contributed by atoms with E-state index in [0.717, 1.165) is 37.1 Å². The molecule has 1 unspecified atom stereocenters. The summed E-state index contributed by atoms with van der Waals surface area (Å²) in [6.07, 6.45) is 9.52. The maximum atomic E-state index is 12.6. The summed E-state index contributed by atoms with van der Waals surface area (Å²) in [6, 6.07) is 4.11. The lowest BCUT2D eigenvalue weighted by atomic mass is 9.91. The highest BCUT2D eigenvalue weighted by molar-refractivity contribution is 5.95. The van der Waals surface area contributed by atoms with Crippen LogP contribution in [0, 0.1) is 6.92 Å². The molecule has 4 nitrogen and oxygen atoms in total. The number of H-pyrrole nitrogens is 1. The minimum absolute atomic E-state index is 0.141. The van der Waals surface area contributed by atoms with Crippen molar-refractivity contribution in [3.63, 3.8) is 0 Å². The van der Waals surface area contributed by atoms with E-state index < -0.39 is 0 Å². The fraction of sp³-hybridized carbons (Fsp3) is 0.375. The molecule has 1 fully saturated rings. The largest absolute Gasteiger partial charge is 0.367 e. The Morgan fingerprint density at radius 1 is 1.35 bits per heavy atom. The van der Waals surface area contributed by atoms with Crippen molar-refractivity contribution < 1.29 is 4.79 Å². The first-order chi connectivity index (χ1) is 9.75. The minimum atomic E-state index is 0.141. The Hall–Kier alpha value is -2.10. The van der Waals surface area contributed by atoms with Crippen molar-refractivity contribution >= 4 is 5.91 Å². The standard InChI is InChI=1S/C16H19N3O/c1-12-9-18-10-15(12)16(20)19-8-2-3-14(11-19)13-4-6-17-7-5-13/h4-7,9-10,14,18H,2-3,8,11H2,1H3. The van der Waals surface area contributed by atoms with Crippen molar-refractivity contribution in [2.24, 2.45) is 0 Å². The van der Waals surface area contributed by atoms with Gasteiger partial charge in [-0.1, -0.05) is 0 Å². The third kappa shape index (κ3) is 2.46. The van der Waals surface area contributed by atoms with E-state index in [1.807, 2.05) is 30.4 Å². The van der Waals surface area contributed by atoms with Gasteiger partial charge in [-0.15, -0.1) is 0 Å². The predicted octanol–water partition coefficient (Wildman–Crippen LogP) is 2.74. The van der Waals surface area contributed by atoms with E-state index in [0.29, 0.717) is 5.92 Å². The summed E-state index contributed by atoms with van der Waals surface area (Å²) in [7, 11) is 0. The number of rotatable bonds is 2. The quantitative estimate of drug-likeness (QED) is 0.911. The molecule has 104 valence electrons. The van der Waals surface area contributed by atoms with Crippen LogP contribution in [0.25, 0.3) is 0 Å². The molecule has 0 saturated carbocycles. The molecule has 0 bridgehead atoms. The molecule has 20 heavy (non-hydrogen) atoms. The van der Waals surface area contributed by atoms with E-state index >= 15 is 0 Å². The number of piperidine rings is 1. The molecule has 3 rings (SSSR count). The van der Waals surface area contributed by atoms with E-state index in [-0.39, 0.29) is 5.91 Å². The number of nitrogens with one attached hydrogen (secondary N) is 1. The number of aryl methyl sites for hydroxylation is 1. The van der Waals surface area contributed by atoms with Crippen molar-refractivity contribution in [1.82, 2.24) is 14.9 Å². The zero-order chi connectivity index (χ0) is 13.9. The van der Waals surface area contributed by atoms with Gasteiger partial charge in [-0.3, -0.25) is 9.78 Å². The van der Waals surface area contributed by atoms with Gasteiger partial charge < -0.3 is 9.88 Å². The first-order valence-corrected chi connectivity index (χ1v) is 7.08. The molecule has 1 amide bonds. The third-order valence-corrected chi connectivity index (χ3v) is 4.07. The van der Waals surface area contributed by atoms with Crippen LogP contribution in [0.15, 0.2) is 36.9 Å². The summed E-state index contributed by atoms with van der Waals surface area (Å²) in [5, 5.41) is 0. The highest BCUT2D eigenvalue weighted by Crippen LogP contribution is 2.27. The smallest absolute Gasteiger partial charge is 0.255 e. The zero-order valence-corrected chi connectivity index (χ0v) is 11.7. The van der Waals surface area contributed by atoms with Crippen LogP contribution in [-0.2, 0) is 0 Å². The van der Waals surface area contributed by atoms with Crippen LogP contribution < -0.4 is 0 Å². The van der Waals surface area contributed by atoms with Crippen molar-refractivity contribution in [2.45, 2.75) is 25.7 Å². The Kier molecular flexibility index (Phi) is 3.54. The Morgan fingerprint density at radius 3 is 2.85 bits per heavy atom. The summed E-state index contributed by atoms with van der Waals surface area (Å²) in [4.78, 5) is 21.6. The molecule has 2 aromatic heterocycles. The molecule has 0 aromatic carbocycles. The third-order valence-electron chi connectivity index (χ3n) is 4.07. The SMILES string of the molecule is Cc1c[nH]cc1C(=O)N1CCCC(c2ccncc2)C1. The van der Waals surface area contributed by atoms with Gasteiger partial charge in [0.25, 0.3) is 5.91 Å². The Morgan fingerprint density at radius 2 is 2.15 bits per heavy atom. The van der Waals surface area contributed by atoms with Gasteiger partial charge in [0.1, 0.15) is 0 Å². The molecule has 0 radical (unpaired) electrons. The molecule has 1 atom stereocenters. The van der Waals surface area contributed by atoms with Crippen molar-refractivity contribution in [1.29, 1.82) is 0 Å². The average Bonchev–Trinajstić information content (AvgIpc) is 2.94. The predicted molar refractivity (Wildman–Crippen MR) is 77.6 cm³/mol. The second-order valence-corrected chi connectivity index (χ2v) is 5.42. The summed E-state index contributed by atoms with van der Waals surface area (Å²) in [5.41, 5.74) is 3.09. The molecule has 1 N–H and O–H groups in total. The number of aromatic nitrogens is 2. The van der Waals surface area contributed by atoms with Crippen LogP contribution >= 0.6 is 0 Å². The first kappa shape index (κ1) is 12.9.